The Morgan fingerprint density at radius 2 is 1.32 bits per heavy atom. The van der Waals surface area contributed by atoms with Gasteiger partial charge in [-0.1, -0.05) is 40.7 Å². The summed E-state index contributed by atoms with van der Waals surface area (Å²) in [6.45, 7) is 14.9. The Bertz CT molecular complexity index is 999. The number of benzene rings is 1. The Morgan fingerprint density at radius 3 is 1.77 bits per heavy atom. The van der Waals surface area contributed by atoms with Crippen LogP contribution in [0.4, 0.5) is 9.59 Å². The van der Waals surface area contributed by atoms with E-state index in [1.54, 1.807) is 27.7 Å². The summed E-state index contributed by atoms with van der Waals surface area (Å²) in [5, 5.41) is 9.70. The Kier molecular flexibility index (Phi) is 13.9. The van der Waals surface area contributed by atoms with E-state index in [0.29, 0.717) is 30.2 Å². The van der Waals surface area contributed by atoms with E-state index in [0.717, 1.165) is 0 Å². The Morgan fingerprint density at radius 1 is 0.825 bits per heavy atom. The lowest BCUT2D eigenvalue weighted by molar-refractivity contribution is -0.154. The zero-order valence-corrected chi connectivity index (χ0v) is 24.9. The molecule has 0 aliphatic heterocycles. The van der Waals surface area contributed by atoms with Crippen molar-refractivity contribution >= 4 is 24.2 Å². The molecule has 0 spiro atoms. The minimum Gasteiger partial charge on any atom is -0.480 e. The van der Waals surface area contributed by atoms with E-state index in [4.69, 9.17) is 29.4 Å². The Hall–Kier alpha value is -3.34. The Balaban J connectivity index is 3.31. The van der Waals surface area contributed by atoms with Gasteiger partial charge in [0.2, 0.25) is 0 Å². The van der Waals surface area contributed by atoms with Crippen molar-refractivity contribution < 1.29 is 48.0 Å². The maximum atomic E-state index is 12.4. The topological polar surface area (TPSA) is 161 Å². The molecule has 2 unspecified atom stereocenters. The van der Waals surface area contributed by atoms with E-state index in [1.807, 2.05) is 27.7 Å². The number of carbonyl (C=O) groups is 4. The highest BCUT2D eigenvalue weighted by atomic mass is 16.7. The molecule has 11 nitrogen and oxygen atoms in total. The van der Waals surface area contributed by atoms with Crippen molar-refractivity contribution in [2.45, 2.75) is 80.2 Å². The van der Waals surface area contributed by atoms with Crippen molar-refractivity contribution in [1.29, 1.82) is 0 Å². The van der Waals surface area contributed by atoms with Gasteiger partial charge in [-0.25, -0.2) is 9.59 Å². The Labute approximate surface area is 236 Å². The van der Waals surface area contributed by atoms with Crippen molar-refractivity contribution in [3.05, 3.63) is 23.8 Å². The number of rotatable bonds is 14. The van der Waals surface area contributed by atoms with E-state index in [9.17, 15) is 24.3 Å². The van der Waals surface area contributed by atoms with Crippen molar-refractivity contribution in [3.8, 4) is 11.5 Å². The minimum atomic E-state index is -1.39. The van der Waals surface area contributed by atoms with Crippen LogP contribution in [0.2, 0.25) is 0 Å². The lowest BCUT2D eigenvalue weighted by atomic mass is 9.82. The van der Waals surface area contributed by atoms with Gasteiger partial charge < -0.3 is 34.5 Å². The summed E-state index contributed by atoms with van der Waals surface area (Å²) in [7, 11) is 0. The molecular formula is C29H45NO10. The summed E-state index contributed by atoms with van der Waals surface area (Å²) >= 11 is 0. The standard InChI is InChI=1S/C29H45NO10/c1-17(2)11-13-36-27(34)39-21-10-9-20(15-22(21)40-28(35)37-14-12-18(3)4)23(24(30)25(31)32)19(5)16-38-26(33)29(6,7)8/h9-10,15,17-19,23-24H,11-14,16,30H2,1-8H3,(H,31,32)/t19?,23?,24-/m0/s1. The first-order valence-corrected chi connectivity index (χ1v) is 13.5. The maximum absolute atomic E-state index is 12.4. The van der Waals surface area contributed by atoms with Crippen molar-refractivity contribution in [2.24, 2.45) is 28.9 Å². The van der Waals surface area contributed by atoms with Crippen molar-refractivity contribution in [1.82, 2.24) is 0 Å². The third-order valence-corrected chi connectivity index (χ3v) is 5.94. The molecule has 0 amide bonds. The highest BCUT2D eigenvalue weighted by molar-refractivity contribution is 5.76. The van der Waals surface area contributed by atoms with Gasteiger partial charge >= 0.3 is 24.2 Å². The fraction of sp³-hybridized carbons (Fsp3) is 0.655. The summed E-state index contributed by atoms with van der Waals surface area (Å²) < 4.78 is 26.3. The van der Waals surface area contributed by atoms with Crippen LogP contribution >= 0.6 is 0 Å². The molecule has 226 valence electrons. The van der Waals surface area contributed by atoms with Crippen molar-refractivity contribution in [2.75, 3.05) is 19.8 Å². The third kappa shape index (κ3) is 12.2. The van der Waals surface area contributed by atoms with E-state index < -0.39 is 47.5 Å². The van der Waals surface area contributed by atoms with E-state index in [2.05, 4.69) is 0 Å². The number of carboxylic acids is 1. The smallest absolute Gasteiger partial charge is 0.480 e. The lowest BCUT2D eigenvalue weighted by Gasteiger charge is -2.29. The molecule has 0 aliphatic carbocycles. The summed E-state index contributed by atoms with van der Waals surface area (Å²) in [5.41, 5.74) is 5.67. The number of aliphatic carboxylic acids is 1. The molecule has 0 saturated heterocycles. The average Bonchev–Trinajstić information content (AvgIpc) is 2.82. The van der Waals surface area contributed by atoms with Crippen LogP contribution in [0.3, 0.4) is 0 Å². The van der Waals surface area contributed by atoms with Crippen LogP contribution in [-0.2, 0) is 23.8 Å². The number of esters is 1. The molecule has 3 N–H and O–H groups in total. The first kappa shape index (κ1) is 34.7. The predicted molar refractivity (Wildman–Crippen MR) is 147 cm³/mol. The number of ether oxygens (including phenoxy) is 5. The summed E-state index contributed by atoms with van der Waals surface area (Å²) in [6.07, 6.45) is -0.776. The first-order valence-electron chi connectivity index (χ1n) is 13.5. The summed E-state index contributed by atoms with van der Waals surface area (Å²) in [5.74, 6) is -2.84. The van der Waals surface area contributed by atoms with Gasteiger partial charge in [0.05, 0.1) is 25.2 Å². The van der Waals surface area contributed by atoms with Crippen LogP contribution in [0.25, 0.3) is 0 Å². The zero-order valence-electron chi connectivity index (χ0n) is 24.9. The number of carbonyl (C=O) groups excluding carboxylic acids is 3. The lowest BCUT2D eigenvalue weighted by Crippen LogP contribution is -2.41. The molecule has 0 heterocycles. The van der Waals surface area contributed by atoms with Gasteiger partial charge in [0.25, 0.3) is 0 Å². The number of hydrogen-bond donors (Lipinski definition) is 2. The minimum absolute atomic E-state index is 0.102. The third-order valence-electron chi connectivity index (χ3n) is 5.94. The summed E-state index contributed by atoms with van der Waals surface area (Å²) in [6, 6.07) is 2.83. The highest BCUT2D eigenvalue weighted by Crippen LogP contribution is 2.36. The van der Waals surface area contributed by atoms with E-state index in [1.165, 1.54) is 18.2 Å². The van der Waals surface area contributed by atoms with Gasteiger partial charge in [-0.15, -0.1) is 0 Å². The van der Waals surface area contributed by atoms with Gasteiger partial charge in [0.1, 0.15) is 6.04 Å². The summed E-state index contributed by atoms with van der Waals surface area (Å²) in [4.78, 5) is 48.9. The van der Waals surface area contributed by atoms with Gasteiger partial charge in [0, 0.05) is 5.92 Å². The second-order valence-corrected chi connectivity index (χ2v) is 11.7. The maximum Gasteiger partial charge on any atom is 0.513 e. The largest absolute Gasteiger partial charge is 0.513 e. The average molecular weight is 568 g/mol. The monoisotopic (exact) mass is 567 g/mol. The second kappa shape index (κ2) is 16.1. The van der Waals surface area contributed by atoms with Crippen LogP contribution in [0.5, 0.6) is 11.5 Å². The molecule has 0 saturated carbocycles. The molecule has 0 fully saturated rings. The van der Waals surface area contributed by atoms with Gasteiger partial charge in [-0.05, 0) is 69.1 Å². The van der Waals surface area contributed by atoms with Crippen LogP contribution in [0, 0.1) is 23.2 Å². The molecule has 0 aliphatic rings. The van der Waals surface area contributed by atoms with Crippen LogP contribution < -0.4 is 15.2 Å². The fourth-order valence-corrected chi connectivity index (χ4v) is 3.46. The van der Waals surface area contributed by atoms with Crippen LogP contribution in [0.1, 0.15) is 79.7 Å². The van der Waals surface area contributed by atoms with Gasteiger partial charge in [0.15, 0.2) is 11.5 Å². The SMILES string of the molecule is CC(C)CCOC(=O)Oc1ccc(C(C(C)COC(=O)C(C)(C)C)[C@H](N)C(=O)O)cc1OC(=O)OCCC(C)C. The number of hydrogen-bond acceptors (Lipinski definition) is 10. The second-order valence-electron chi connectivity index (χ2n) is 11.7. The van der Waals surface area contributed by atoms with Crippen molar-refractivity contribution in [3.63, 3.8) is 0 Å². The quantitative estimate of drug-likeness (QED) is 0.165. The molecule has 0 aromatic heterocycles. The van der Waals surface area contributed by atoms with Gasteiger partial charge in [-0.2, -0.15) is 0 Å². The normalized spacial score (nSPS) is 13.8. The first-order chi connectivity index (χ1) is 18.5. The molecule has 1 aromatic carbocycles. The molecule has 3 atom stereocenters. The number of carboxylic acid groups (broad SMARTS) is 1. The zero-order chi connectivity index (χ0) is 30.6. The fourth-order valence-electron chi connectivity index (χ4n) is 3.46. The predicted octanol–water partition coefficient (Wildman–Crippen LogP) is 5.53. The van der Waals surface area contributed by atoms with E-state index in [-0.39, 0.29) is 31.3 Å². The van der Waals surface area contributed by atoms with Gasteiger partial charge in [-0.3, -0.25) is 9.59 Å². The number of nitrogens with two attached hydrogens (primary N) is 1. The molecule has 1 rings (SSSR count). The molecule has 1 aromatic rings. The molecule has 11 heteroatoms. The van der Waals surface area contributed by atoms with Crippen LogP contribution in [0.15, 0.2) is 18.2 Å². The molecule has 0 radical (unpaired) electrons. The highest BCUT2D eigenvalue weighted by Gasteiger charge is 2.34. The molecule has 40 heavy (non-hydrogen) atoms. The molecular weight excluding hydrogens is 522 g/mol. The molecule has 0 bridgehead atoms. The van der Waals surface area contributed by atoms with Crippen LogP contribution in [-0.4, -0.2) is 55.2 Å². The van der Waals surface area contributed by atoms with E-state index >= 15 is 0 Å².